The highest BCUT2D eigenvalue weighted by molar-refractivity contribution is 7.68. The number of hydrogen-bond donors (Lipinski definition) is 7. The Hall–Kier alpha value is -1.32. The molecule has 3 rings (SSSR count). The summed E-state index contributed by atoms with van der Waals surface area (Å²) in [5.74, 6) is 0.0673. The van der Waals surface area contributed by atoms with Gasteiger partial charge in [0.25, 0.3) is 0 Å². The summed E-state index contributed by atoms with van der Waals surface area (Å²) in [5, 5.41) is 20.5. The molecule has 0 saturated carbocycles. The fourth-order valence-corrected chi connectivity index (χ4v) is 6.56. The maximum Gasteiger partial charge on any atom is 0.488 e. The largest absolute Gasteiger partial charge is 0.488 e. The lowest BCUT2D eigenvalue weighted by molar-refractivity contribution is -0.0355. The molecule has 20 heteroatoms. The van der Waals surface area contributed by atoms with Crippen molar-refractivity contribution in [1.82, 2.24) is 19.5 Å². The summed E-state index contributed by atoms with van der Waals surface area (Å²) in [6.45, 7) is 0. The molecular formula is C11H18N5O12P3. The smallest absolute Gasteiger partial charge is 0.388 e. The van der Waals surface area contributed by atoms with Gasteiger partial charge in [0.1, 0.15) is 24.1 Å². The molecule has 0 spiro atoms. The SMILES string of the molecule is Nc1ncnc2c1ncn2[C@@H]1O[C@H](CCP(=O)(O)OP(=O)(O)OP(=O)(O)O)[C@@H](O)[C@H]1O. The second-order valence-corrected chi connectivity index (χ2v) is 11.3. The molecule has 2 aromatic rings. The quantitative estimate of drug-likeness (QED) is 0.208. The topological polar surface area (TPSA) is 270 Å². The van der Waals surface area contributed by atoms with Crippen molar-refractivity contribution in [2.45, 2.75) is 31.0 Å². The average molecular weight is 505 g/mol. The standard InChI is InChI=1S/C11H18N5O12P3/c12-9-6-10(14-3-13-9)16(4-15-6)11-8(18)7(17)5(26-11)1-2-29(19,20)27-31(24,25)28-30(21,22)23/h3-5,7-8,11,17-18H,1-2H2,(H,19,20)(H,24,25)(H2,12,13,14)(H2,21,22,23)/t5-,7-,8-,11-/m1/s1. The first-order chi connectivity index (χ1) is 14.2. The van der Waals surface area contributed by atoms with Crippen LogP contribution in [0.4, 0.5) is 5.82 Å². The number of fused-ring (bicyclic) bond motifs is 1. The molecule has 17 nitrogen and oxygen atoms in total. The number of imidazole rings is 1. The Morgan fingerprint density at radius 1 is 1.06 bits per heavy atom. The van der Waals surface area contributed by atoms with Crippen molar-refractivity contribution in [1.29, 1.82) is 0 Å². The van der Waals surface area contributed by atoms with E-state index < -0.39 is 60.4 Å². The Kier molecular flexibility index (Phi) is 6.71. The van der Waals surface area contributed by atoms with Crippen molar-refractivity contribution in [2.75, 3.05) is 11.9 Å². The Morgan fingerprint density at radius 2 is 1.74 bits per heavy atom. The number of aliphatic hydroxyl groups excluding tert-OH is 2. The van der Waals surface area contributed by atoms with Crippen LogP contribution < -0.4 is 5.73 Å². The lowest BCUT2D eigenvalue weighted by Crippen LogP contribution is -2.32. The number of aliphatic hydroxyl groups is 2. The minimum Gasteiger partial charge on any atom is -0.388 e. The molecule has 3 heterocycles. The van der Waals surface area contributed by atoms with Gasteiger partial charge < -0.3 is 40.3 Å². The number of nitrogens with zero attached hydrogens (tertiary/aromatic N) is 4. The summed E-state index contributed by atoms with van der Waals surface area (Å²) in [7, 11) is -16.0. The molecule has 0 aromatic carbocycles. The number of rotatable bonds is 8. The summed E-state index contributed by atoms with van der Waals surface area (Å²) in [4.78, 5) is 47.7. The average Bonchev–Trinajstić information content (AvgIpc) is 3.13. The van der Waals surface area contributed by atoms with Gasteiger partial charge in [-0.1, -0.05) is 0 Å². The molecule has 1 saturated heterocycles. The van der Waals surface area contributed by atoms with Gasteiger partial charge in [0.15, 0.2) is 17.7 Å². The Labute approximate surface area is 172 Å². The van der Waals surface area contributed by atoms with Crippen molar-refractivity contribution >= 4 is 40.2 Å². The zero-order valence-electron chi connectivity index (χ0n) is 15.2. The zero-order chi connectivity index (χ0) is 23.2. The van der Waals surface area contributed by atoms with Crippen LogP contribution in [0.25, 0.3) is 11.2 Å². The summed E-state index contributed by atoms with van der Waals surface area (Å²) >= 11 is 0. The van der Waals surface area contributed by atoms with E-state index in [-0.39, 0.29) is 17.0 Å². The monoisotopic (exact) mass is 505 g/mol. The van der Waals surface area contributed by atoms with Gasteiger partial charge in [0.05, 0.1) is 18.6 Å². The van der Waals surface area contributed by atoms with E-state index in [1.807, 2.05) is 0 Å². The van der Waals surface area contributed by atoms with E-state index in [0.29, 0.717) is 0 Å². The maximum absolute atomic E-state index is 12.0. The normalized spacial score (nSPS) is 28.5. The van der Waals surface area contributed by atoms with Gasteiger partial charge in [0.2, 0.25) is 0 Å². The minimum atomic E-state index is -5.58. The van der Waals surface area contributed by atoms with Gasteiger partial charge in [0, 0.05) is 0 Å². The predicted octanol–water partition coefficient (Wildman–Crippen LogP) is -1.17. The van der Waals surface area contributed by atoms with Crippen LogP contribution in [-0.4, -0.2) is 73.8 Å². The first-order valence-electron chi connectivity index (χ1n) is 8.26. The second kappa shape index (κ2) is 8.56. The third kappa shape index (κ3) is 5.73. The Balaban J connectivity index is 1.69. The van der Waals surface area contributed by atoms with E-state index in [1.165, 1.54) is 10.9 Å². The first-order valence-corrected chi connectivity index (χ1v) is 13.1. The maximum atomic E-state index is 12.0. The van der Waals surface area contributed by atoms with Crippen molar-refractivity contribution < 1.29 is 56.8 Å². The van der Waals surface area contributed by atoms with Crippen molar-refractivity contribution in [3.05, 3.63) is 12.7 Å². The van der Waals surface area contributed by atoms with Gasteiger partial charge in [-0.05, 0) is 6.42 Å². The molecule has 1 aliphatic rings. The van der Waals surface area contributed by atoms with Gasteiger partial charge in [-0.2, -0.15) is 4.31 Å². The van der Waals surface area contributed by atoms with Crippen LogP contribution in [0, 0.1) is 0 Å². The number of hydrogen-bond acceptors (Lipinski definition) is 12. The zero-order valence-corrected chi connectivity index (χ0v) is 17.9. The van der Waals surface area contributed by atoms with Crippen molar-refractivity contribution in [3.63, 3.8) is 0 Å². The number of phosphoric acid groups is 2. The van der Waals surface area contributed by atoms with Gasteiger partial charge in [-0.3, -0.25) is 9.13 Å². The molecule has 31 heavy (non-hydrogen) atoms. The lowest BCUT2D eigenvalue weighted by Gasteiger charge is -2.19. The van der Waals surface area contributed by atoms with Gasteiger partial charge in [-0.25, -0.2) is 28.4 Å². The molecule has 0 bridgehead atoms. The highest BCUT2D eigenvalue weighted by Gasteiger charge is 2.46. The van der Waals surface area contributed by atoms with Crippen molar-refractivity contribution in [3.8, 4) is 0 Å². The molecule has 0 radical (unpaired) electrons. The van der Waals surface area contributed by atoms with Gasteiger partial charge in [-0.15, -0.1) is 0 Å². The molecule has 6 atom stereocenters. The molecule has 0 aliphatic carbocycles. The lowest BCUT2D eigenvalue weighted by atomic mass is 10.1. The fraction of sp³-hybridized carbons (Fsp3) is 0.545. The van der Waals surface area contributed by atoms with Crippen LogP contribution in [0.3, 0.4) is 0 Å². The predicted molar refractivity (Wildman–Crippen MR) is 99.0 cm³/mol. The van der Waals surface area contributed by atoms with Crippen molar-refractivity contribution in [2.24, 2.45) is 0 Å². The molecular weight excluding hydrogens is 487 g/mol. The Morgan fingerprint density at radius 3 is 2.39 bits per heavy atom. The highest BCUT2D eigenvalue weighted by atomic mass is 31.3. The molecule has 1 aliphatic heterocycles. The molecule has 174 valence electrons. The van der Waals surface area contributed by atoms with E-state index >= 15 is 0 Å². The number of aromatic nitrogens is 4. The first kappa shape index (κ1) is 24.3. The van der Waals surface area contributed by atoms with E-state index in [2.05, 4.69) is 23.6 Å². The summed E-state index contributed by atoms with van der Waals surface area (Å²) in [5.41, 5.74) is 6.09. The summed E-state index contributed by atoms with van der Waals surface area (Å²) in [6.07, 6.45) is -4.46. The van der Waals surface area contributed by atoms with Crippen LogP contribution in [0.1, 0.15) is 12.6 Å². The number of ether oxygens (including phenoxy) is 1. The number of anilines is 1. The van der Waals surface area contributed by atoms with E-state index in [1.54, 1.807) is 0 Å². The van der Waals surface area contributed by atoms with E-state index in [4.69, 9.17) is 20.3 Å². The second-order valence-electron chi connectivity index (χ2n) is 6.40. The van der Waals surface area contributed by atoms with Crippen LogP contribution in [0.5, 0.6) is 0 Å². The third-order valence-corrected chi connectivity index (χ3v) is 8.48. The van der Waals surface area contributed by atoms with E-state index in [9.17, 15) is 33.7 Å². The molecule has 2 unspecified atom stereocenters. The number of nitrogen functional groups attached to an aromatic ring is 1. The van der Waals surface area contributed by atoms with Crippen LogP contribution in [0.2, 0.25) is 0 Å². The highest BCUT2D eigenvalue weighted by Crippen LogP contribution is 2.66. The van der Waals surface area contributed by atoms with Crippen LogP contribution in [-0.2, 0) is 27.1 Å². The van der Waals surface area contributed by atoms with E-state index in [0.717, 1.165) is 6.33 Å². The van der Waals surface area contributed by atoms with Crippen LogP contribution in [0.15, 0.2) is 12.7 Å². The fourth-order valence-electron chi connectivity index (χ4n) is 2.90. The Bertz CT molecular complexity index is 1110. The van der Waals surface area contributed by atoms with Crippen LogP contribution >= 0.6 is 23.2 Å². The van der Waals surface area contributed by atoms with Gasteiger partial charge >= 0.3 is 23.2 Å². The number of nitrogens with two attached hydrogens (primary N) is 1. The molecule has 8 N–H and O–H groups in total. The summed E-state index contributed by atoms with van der Waals surface area (Å²) < 4.78 is 48.3. The molecule has 1 fully saturated rings. The minimum absolute atomic E-state index is 0.0673. The molecule has 0 amide bonds. The third-order valence-electron chi connectivity index (χ3n) is 4.13. The molecule has 2 aromatic heterocycles. The summed E-state index contributed by atoms with van der Waals surface area (Å²) in [6, 6.07) is 0.